The Morgan fingerprint density at radius 2 is 1.49 bits per heavy atom. The Balaban J connectivity index is 1.11. The number of aromatic nitrogens is 2. The number of nitrogens with zero attached hydrogens (tertiary/aromatic N) is 4. The Labute approximate surface area is 229 Å². The first-order valence-corrected chi connectivity index (χ1v) is 13.8. The van der Waals surface area contributed by atoms with Crippen LogP contribution in [0.2, 0.25) is 0 Å². The zero-order valence-corrected chi connectivity index (χ0v) is 22.2. The summed E-state index contributed by atoms with van der Waals surface area (Å²) in [5.74, 6) is 1.69. The number of hydrogen-bond acceptors (Lipinski definition) is 8. The van der Waals surface area contributed by atoms with Crippen molar-refractivity contribution < 1.29 is 14.2 Å². The molecule has 8 nitrogen and oxygen atoms in total. The van der Waals surface area contributed by atoms with E-state index in [2.05, 4.69) is 79.7 Å². The number of anilines is 3. The van der Waals surface area contributed by atoms with Crippen molar-refractivity contribution in [1.29, 1.82) is 0 Å². The number of ether oxygens (including phenoxy) is 3. The number of morpholine rings is 2. The van der Waals surface area contributed by atoms with Crippen molar-refractivity contribution in [2.24, 2.45) is 0 Å². The van der Waals surface area contributed by atoms with E-state index in [9.17, 15) is 0 Å². The van der Waals surface area contributed by atoms with Crippen LogP contribution in [0.5, 0.6) is 5.75 Å². The number of nitrogens with one attached hydrogen (secondary N) is 1. The smallest absolute Gasteiger partial charge is 0.141 e. The molecule has 2 aliphatic rings. The van der Waals surface area contributed by atoms with Gasteiger partial charge < -0.3 is 24.4 Å². The normalized spacial score (nSPS) is 16.4. The van der Waals surface area contributed by atoms with Crippen LogP contribution >= 0.6 is 0 Å². The van der Waals surface area contributed by atoms with Crippen LogP contribution in [0.1, 0.15) is 6.42 Å². The van der Waals surface area contributed by atoms with Crippen LogP contribution in [0.4, 0.5) is 17.2 Å². The van der Waals surface area contributed by atoms with E-state index in [4.69, 9.17) is 14.2 Å². The van der Waals surface area contributed by atoms with Gasteiger partial charge in [-0.15, -0.1) is 0 Å². The average molecular weight is 526 g/mol. The minimum Gasteiger partial charge on any atom is -0.494 e. The molecule has 1 aromatic heterocycles. The molecule has 0 spiro atoms. The van der Waals surface area contributed by atoms with E-state index in [1.54, 1.807) is 6.33 Å². The minimum absolute atomic E-state index is 0.715. The van der Waals surface area contributed by atoms with Crippen LogP contribution in [-0.2, 0) is 9.47 Å². The highest BCUT2D eigenvalue weighted by Crippen LogP contribution is 2.30. The molecule has 0 bridgehead atoms. The molecule has 39 heavy (non-hydrogen) atoms. The zero-order valence-electron chi connectivity index (χ0n) is 22.2. The van der Waals surface area contributed by atoms with Crippen molar-refractivity contribution in [3.63, 3.8) is 0 Å². The topological polar surface area (TPSA) is 72.0 Å². The van der Waals surface area contributed by atoms with Gasteiger partial charge in [-0.3, -0.25) is 4.90 Å². The number of benzene rings is 3. The van der Waals surface area contributed by atoms with Gasteiger partial charge in [-0.1, -0.05) is 18.2 Å². The van der Waals surface area contributed by atoms with Crippen molar-refractivity contribution >= 4 is 28.1 Å². The van der Waals surface area contributed by atoms with E-state index >= 15 is 0 Å². The maximum atomic E-state index is 5.99. The molecule has 4 aromatic rings. The van der Waals surface area contributed by atoms with E-state index in [0.717, 1.165) is 105 Å². The second-order valence-electron chi connectivity index (χ2n) is 9.91. The molecule has 202 valence electrons. The molecule has 1 N–H and O–H groups in total. The summed E-state index contributed by atoms with van der Waals surface area (Å²) in [7, 11) is 0. The molecule has 0 atom stereocenters. The third-order valence-corrected chi connectivity index (χ3v) is 7.32. The van der Waals surface area contributed by atoms with Crippen LogP contribution in [0.3, 0.4) is 0 Å². The Kier molecular flexibility index (Phi) is 8.14. The van der Waals surface area contributed by atoms with Crippen LogP contribution in [0, 0.1) is 0 Å². The highest BCUT2D eigenvalue weighted by atomic mass is 16.5. The largest absolute Gasteiger partial charge is 0.494 e. The maximum absolute atomic E-state index is 5.99. The lowest BCUT2D eigenvalue weighted by Gasteiger charge is -2.28. The average Bonchev–Trinajstić information content (AvgIpc) is 3.01. The van der Waals surface area contributed by atoms with E-state index < -0.39 is 0 Å². The van der Waals surface area contributed by atoms with Crippen molar-refractivity contribution in [3.05, 3.63) is 73.1 Å². The summed E-state index contributed by atoms with van der Waals surface area (Å²) in [6, 6.07) is 23.1. The van der Waals surface area contributed by atoms with Crippen molar-refractivity contribution in [2.75, 3.05) is 76.0 Å². The zero-order chi connectivity index (χ0) is 26.3. The lowest BCUT2D eigenvalue weighted by molar-refractivity contribution is 0.0358. The van der Waals surface area contributed by atoms with Gasteiger partial charge in [0, 0.05) is 49.5 Å². The first-order valence-electron chi connectivity index (χ1n) is 13.8. The Hall–Kier alpha value is -3.72. The van der Waals surface area contributed by atoms with E-state index in [0.29, 0.717) is 6.61 Å². The molecule has 8 heteroatoms. The third kappa shape index (κ3) is 6.47. The fourth-order valence-electron chi connectivity index (χ4n) is 5.10. The van der Waals surface area contributed by atoms with Crippen LogP contribution in [0.15, 0.2) is 73.1 Å². The lowest BCUT2D eigenvalue weighted by atomic mass is 10.0. The predicted molar refractivity (Wildman–Crippen MR) is 155 cm³/mol. The predicted octanol–water partition coefficient (Wildman–Crippen LogP) is 4.98. The molecule has 2 saturated heterocycles. The molecule has 0 unspecified atom stereocenters. The van der Waals surface area contributed by atoms with E-state index in [1.807, 2.05) is 12.1 Å². The second-order valence-corrected chi connectivity index (χ2v) is 9.91. The summed E-state index contributed by atoms with van der Waals surface area (Å²) in [6.45, 7) is 8.88. The summed E-state index contributed by atoms with van der Waals surface area (Å²) < 4.78 is 16.9. The van der Waals surface area contributed by atoms with Gasteiger partial charge in [-0.05, 0) is 66.1 Å². The molecule has 6 rings (SSSR count). The molecular weight excluding hydrogens is 490 g/mol. The standard InChI is InChI=1S/C31H35N5O3/c1(12-35-13-18-37-19-14-35)17-39-28-9-2-24(3-10-28)25-4-11-30-29(22-25)31(33-23-32-30)34-26-5-7-27(8-6-26)36-15-20-38-21-16-36/h2-11,22-23H,1,12-21H2,(H,32,33,34). The number of rotatable bonds is 9. The van der Waals surface area contributed by atoms with Gasteiger partial charge in [0.25, 0.3) is 0 Å². The number of hydrogen-bond donors (Lipinski definition) is 1. The van der Waals surface area contributed by atoms with Crippen molar-refractivity contribution in [3.8, 4) is 16.9 Å². The van der Waals surface area contributed by atoms with Crippen molar-refractivity contribution in [2.45, 2.75) is 6.42 Å². The van der Waals surface area contributed by atoms with Crippen LogP contribution in [0.25, 0.3) is 22.0 Å². The fourth-order valence-corrected chi connectivity index (χ4v) is 5.10. The SMILES string of the molecule is c1nc(Nc2ccc(N3CCOCC3)cc2)c2cc(-c3ccc(OCCCN4CCOCC4)cc3)ccc2n1. The Morgan fingerprint density at radius 1 is 0.769 bits per heavy atom. The summed E-state index contributed by atoms with van der Waals surface area (Å²) in [6.07, 6.45) is 2.62. The van der Waals surface area contributed by atoms with Crippen LogP contribution < -0.4 is 15.0 Å². The summed E-state index contributed by atoms with van der Waals surface area (Å²) in [4.78, 5) is 13.8. The van der Waals surface area contributed by atoms with Gasteiger partial charge in [-0.25, -0.2) is 9.97 Å². The second kappa shape index (κ2) is 12.4. The molecule has 0 saturated carbocycles. The highest BCUT2D eigenvalue weighted by Gasteiger charge is 2.12. The quantitative estimate of drug-likeness (QED) is 0.307. The van der Waals surface area contributed by atoms with Crippen LogP contribution in [-0.4, -0.2) is 80.6 Å². The Morgan fingerprint density at radius 3 is 2.26 bits per heavy atom. The van der Waals surface area contributed by atoms with E-state index in [-0.39, 0.29) is 0 Å². The summed E-state index contributed by atoms with van der Waals surface area (Å²) in [5.41, 5.74) is 5.35. The lowest BCUT2D eigenvalue weighted by Crippen LogP contribution is -2.37. The number of fused-ring (bicyclic) bond motifs is 1. The van der Waals surface area contributed by atoms with Gasteiger partial charge in [0.2, 0.25) is 0 Å². The maximum Gasteiger partial charge on any atom is 0.141 e. The molecule has 2 aliphatic heterocycles. The van der Waals surface area contributed by atoms with Gasteiger partial charge in [0.05, 0.1) is 38.6 Å². The highest BCUT2D eigenvalue weighted by molar-refractivity contribution is 5.93. The van der Waals surface area contributed by atoms with Gasteiger partial charge >= 0.3 is 0 Å². The summed E-state index contributed by atoms with van der Waals surface area (Å²) >= 11 is 0. The van der Waals surface area contributed by atoms with Gasteiger partial charge in [0.15, 0.2) is 0 Å². The third-order valence-electron chi connectivity index (χ3n) is 7.32. The minimum atomic E-state index is 0.715. The molecule has 2 fully saturated rings. The Bertz CT molecular complexity index is 1350. The van der Waals surface area contributed by atoms with Crippen molar-refractivity contribution in [1.82, 2.24) is 14.9 Å². The van der Waals surface area contributed by atoms with E-state index in [1.165, 1.54) is 5.69 Å². The molecule has 3 heterocycles. The summed E-state index contributed by atoms with van der Waals surface area (Å²) in [5, 5.41) is 4.47. The molecule has 0 radical (unpaired) electrons. The first kappa shape index (κ1) is 25.6. The molecule has 3 aromatic carbocycles. The molecule has 0 amide bonds. The monoisotopic (exact) mass is 525 g/mol. The first-order chi connectivity index (χ1) is 19.3. The van der Waals surface area contributed by atoms with Gasteiger partial charge in [-0.2, -0.15) is 0 Å². The fraction of sp³-hybridized carbons (Fsp3) is 0.355. The molecular formula is C31H35N5O3. The molecule has 0 aliphatic carbocycles. The van der Waals surface area contributed by atoms with Gasteiger partial charge in [0.1, 0.15) is 17.9 Å².